The summed E-state index contributed by atoms with van der Waals surface area (Å²) in [6, 6.07) is 6.18. The van der Waals surface area contributed by atoms with Gasteiger partial charge in [-0.1, -0.05) is 12.1 Å². The second-order valence-corrected chi connectivity index (χ2v) is 5.53. The summed E-state index contributed by atoms with van der Waals surface area (Å²) >= 11 is 0. The number of hydrogen-bond acceptors (Lipinski definition) is 3. The monoisotopic (exact) mass is 292 g/mol. The number of nitrogens with one attached hydrogen (secondary N) is 2. The third-order valence-corrected chi connectivity index (χ3v) is 3.51. The van der Waals surface area contributed by atoms with Gasteiger partial charge in [-0.2, -0.15) is 0 Å². The summed E-state index contributed by atoms with van der Waals surface area (Å²) < 4.78 is 5.39. The zero-order chi connectivity index (χ0) is 15.3. The van der Waals surface area contributed by atoms with E-state index >= 15 is 0 Å². The van der Waals surface area contributed by atoms with E-state index in [-0.39, 0.29) is 17.1 Å². The molecule has 0 radical (unpaired) electrons. The Morgan fingerprint density at radius 2 is 2.05 bits per heavy atom. The van der Waals surface area contributed by atoms with Gasteiger partial charge in [-0.15, -0.1) is 0 Å². The lowest BCUT2D eigenvalue weighted by Crippen LogP contribution is -2.54. The lowest BCUT2D eigenvalue weighted by Gasteiger charge is -2.34. The van der Waals surface area contributed by atoms with Crippen molar-refractivity contribution in [3.05, 3.63) is 35.4 Å². The minimum absolute atomic E-state index is 0.232. The number of carboxylic acids is 1. The fourth-order valence-electron chi connectivity index (χ4n) is 2.30. The quantitative estimate of drug-likeness (QED) is 0.789. The standard InChI is InChI=1S/C15H20N2O4/c1-15(7-2-8-21-10-15)17-14(20)16-9-11-3-5-12(6-4-11)13(18)19/h3-6H,2,7-10H2,1H3,(H,18,19)(H2,16,17,20). The average molecular weight is 292 g/mol. The molecule has 0 aromatic heterocycles. The predicted molar refractivity (Wildman–Crippen MR) is 77.2 cm³/mol. The van der Waals surface area contributed by atoms with Crippen molar-refractivity contribution in [2.24, 2.45) is 0 Å². The topological polar surface area (TPSA) is 87.7 Å². The van der Waals surface area contributed by atoms with Crippen LogP contribution >= 0.6 is 0 Å². The van der Waals surface area contributed by atoms with Gasteiger partial charge in [0.05, 0.1) is 17.7 Å². The van der Waals surface area contributed by atoms with Crippen LogP contribution in [-0.4, -0.2) is 35.9 Å². The second kappa shape index (κ2) is 6.58. The van der Waals surface area contributed by atoms with Crippen LogP contribution in [0.5, 0.6) is 0 Å². The summed E-state index contributed by atoms with van der Waals surface area (Å²) in [6.07, 6.45) is 1.83. The molecule has 2 rings (SSSR count). The van der Waals surface area contributed by atoms with Gasteiger partial charge in [0.1, 0.15) is 0 Å². The van der Waals surface area contributed by atoms with E-state index in [0.717, 1.165) is 25.0 Å². The van der Waals surface area contributed by atoms with E-state index in [0.29, 0.717) is 13.2 Å². The summed E-state index contributed by atoms with van der Waals surface area (Å²) in [5, 5.41) is 14.5. The Morgan fingerprint density at radius 3 is 2.62 bits per heavy atom. The maximum Gasteiger partial charge on any atom is 0.335 e. The molecule has 1 unspecified atom stereocenters. The Hall–Kier alpha value is -2.08. The Labute approximate surface area is 123 Å². The van der Waals surface area contributed by atoms with Gasteiger partial charge in [-0.3, -0.25) is 0 Å². The lowest BCUT2D eigenvalue weighted by atomic mass is 9.95. The highest BCUT2D eigenvalue weighted by Gasteiger charge is 2.29. The van der Waals surface area contributed by atoms with Crippen LogP contribution in [0.15, 0.2) is 24.3 Å². The Bertz CT molecular complexity index is 507. The molecular weight excluding hydrogens is 272 g/mol. The molecule has 1 aromatic carbocycles. The molecule has 3 N–H and O–H groups in total. The van der Waals surface area contributed by atoms with Gasteiger partial charge >= 0.3 is 12.0 Å². The maximum atomic E-state index is 11.9. The number of carbonyl (C=O) groups excluding carboxylic acids is 1. The van der Waals surface area contributed by atoms with Crippen LogP contribution in [0.2, 0.25) is 0 Å². The second-order valence-electron chi connectivity index (χ2n) is 5.53. The van der Waals surface area contributed by atoms with Gasteiger partial charge in [0.2, 0.25) is 0 Å². The van der Waals surface area contributed by atoms with Crippen molar-refractivity contribution in [2.75, 3.05) is 13.2 Å². The molecule has 1 aromatic rings. The number of rotatable bonds is 4. The number of aromatic carboxylic acids is 1. The van der Waals surface area contributed by atoms with Crippen molar-refractivity contribution in [3.63, 3.8) is 0 Å². The Morgan fingerprint density at radius 1 is 1.33 bits per heavy atom. The van der Waals surface area contributed by atoms with Crippen molar-refractivity contribution in [3.8, 4) is 0 Å². The minimum Gasteiger partial charge on any atom is -0.478 e. The van der Waals surface area contributed by atoms with Gasteiger partial charge in [0.25, 0.3) is 0 Å². The third kappa shape index (κ3) is 4.46. The van der Waals surface area contributed by atoms with Gasteiger partial charge < -0.3 is 20.5 Å². The molecule has 0 spiro atoms. The highest BCUT2D eigenvalue weighted by atomic mass is 16.5. The molecule has 1 saturated heterocycles. The normalized spacial score (nSPS) is 21.6. The van der Waals surface area contributed by atoms with Crippen molar-refractivity contribution < 1.29 is 19.4 Å². The molecule has 1 fully saturated rings. The fraction of sp³-hybridized carbons (Fsp3) is 0.467. The van der Waals surface area contributed by atoms with E-state index in [1.807, 2.05) is 6.92 Å². The average Bonchev–Trinajstić information content (AvgIpc) is 2.46. The zero-order valence-corrected chi connectivity index (χ0v) is 12.0. The third-order valence-electron chi connectivity index (χ3n) is 3.51. The number of hydrogen-bond donors (Lipinski definition) is 3. The first-order chi connectivity index (χ1) is 9.98. The number of benzene rings is 1. The summed E-state index contributed by atoms with van der Waals surface area (Å²) in [5.41, 5.74) is 0.755. The molecular formula is C15H20N2O4. The molecule has 0 bridgehead atoms. The molecule has 1 atom stereocenters. The summed E-state index contributed by atoms with van der Waals surface area (Å²) in [5.74, 6) is -0.961. The first-order valence-corrected chi connectivity index (χ1v) is 6.94. The van der Waals surface area contributed by atoms with Crippen LogP contribution < -0.4 is 10.6 Å². The van der Waals surface area contributed by atoms with E-state index in [2.05, 4.69) is 10.6 Å². The molecule has 2 amide bonds. The fourth-order valence-corrected chi connectivity index (χ4v) is 2.30. The Kier molecular flexibility index (Phi) is 4.80. The Balaban J connectivity index is 1.82. The molecule has 1 aliphatic rings. The van der Waals surface area contributed by atoms with Crippen LogP contribution in [0.25, 0.3) is 0 Å². The number of urea groups is 1. The van der Waals surface area contributed by atoms with Gasteiger partial charge in [0.15, 0.2) is 0 Å². The van der Waals surface area contributed by atoms with Gasteiger partial charge in [-0.25, -0.2) is 9.59 Å². The first kappa shape index (κ1) is 15.3. The number of carboxylic acid groups (broad SMARTS) is 1. The van der Waals surface area contributed by atoms with Gasteiger partial charge in [-0.05, 0) is 37.5 Å². The van der Waals surface area contributed by atoms with Crippen LogP contribution in [0, 0.1) is 0 Å². The predicted octanol–water partition coefficient (Wildman–Crippen LogP) is 1.75. The van der Waals surface area contributed by atoms with Gasteiger partial charge in [0, 0.05) is 13.2 Å². The lowest BCUT2D eigenvalue weighted by molar-refractivity contribution is 0.0333. The van der Waals surface area contributed by atoms with E-state index < -0.39 is 5.97 Å². The van der Waals surface area contributed by atoms with Crippen molar-refractivity contribution in [1.29, 1.82) is 0 Å². The summed E-state index contributed by atoms with van der Waals surface area (Å²) in [6.45, 7) is 3.58. The van der Waals surface area contributed by atoms with Crippen molar-refractivity contribution in [1.82, 2.24) is 10.6 Å². The molecule has 21 heavy (non-hydrogen) atoms. The molecule has 0 aliphatic carbocycles. The van der Waals surface area contributed by atoms with Crippen LogP contribution in [0.3, 0.4) is 0 Å². The smallest absolute Gasteiger partial charge is 0.335 e. The summed E-state index contributed by atoms with van der Waals surface area (Å²) in [7, 11) is 0. The number of carbonyl (C=O) groups is 2. The van der Waals surface area contributed by atoms with Crippen LogP contribution in [0.1, 0.15) is 35.7 Å². The van der Waals surface area contributed by atoms with E-state index in [1.165, 1.54) is 12.1 Å². The molecule has 0 saturated carbocycles. The van der Waals surface area contributed by atoms with E-state index in [4.69, 9.17) is 9.84 Å². The molecule has 6 heteroatoms. The first-order valence-electron chi connectivity index (χ1n) is 6.94. The SMILES string of the molecule is CC1(NC(=O)NCc2ccc(C(=O)O)cc2)CCCOC1. The van der Waals surface area contributed by atoms with Crippen molar-refractivity contribution >= 4 is 12.0 Å². The minimum atomic E-state index is -0.961. The number of ether oxygens (including phenoxy) is 1. The molecule has 114 valence electrons. The maximum absolute atomic E-state index is 11.9. The molecule has 1 heterocycles. The largest absolute Gasteiger partial charge is 0.478 e. The zero-order valence-electron chi connectivity index (χ0n) is 12.0. The molecule has 6 nitrogen and oxygen atoms in total. The molecule has 1 aliphatic heterocycles. The number of amides is 2. The highest BCUT2D eigenvalue weighted by molar-refractivity contribution is 5.87. The summed E-state index contributed by atoms with van der Waals surface area (Å²) in [4.78, 5) is 22.6. The van der Waals surface area contributed by atoms with Crippen molar-refractivity contribution in [2.45, 2.75) is 31.8 Å². The highest BCUT2D eigenvalue weighted by Crippen LogP contribution is 2.17. The van der Waals surface area contributed by atoms with Crippen LogP contribution in [0.4, 0.5) is 4.79 Å². The van der Waals surface area contributed by atoms with Crippen LogP contribution in [-0.2, 0) is 11.3 Å². The van der Waals surface area contributed by atoms with E-state index in [1.54, 1.807) is 12.1 Å². The van der Waals surface area contributed by atoms with E-state index in [9.17, 15) is 9.59 Å².